The quantitative estimate of drug-likeness (QED) is 0.479. The van der Waals surface area contributed by atoms with Crippen molar-refractivity contribution in [2.24, 2.45) is 0 Å². The molecule has 0 saturated heterocycles. The van der Waals surface area contributed by atoms with Crippen LogP contribution in [0.25, 0.3) is 22.1 Å². The standard InChI is InChI=1S/C22H22O5/c1-4-8-16-11-18-17(15-9-6-5-7-10-15)12-21(23)27-20(18)13-19(16)26-14(2)22(24)25-3/h5-7,9-14H,4,8H2,1-3H3. The molecule has 0 aliphatic rings. The van der Waals surface area contributed by atoms with Crippen LogP contribution in [-0.4, -0.2) is 19.2 Å². The van der Waals surface area contributed by atoms with Crippen molar-refractivity contribution in [2.75, 3.05) is 7.11 Å². The Kier molecular flexibility index (Phi) is 5.60. The molecule has 1 unspecified atom stereocenters. The molecule has 140 valence electrons. The number of methoxy groups -OCH3 is 1. The Morgan fingerprint density at radius 2 is 1.89 bits per heavy atom. The first-order valence-electron chi connectivity index (χ1n) is 8.94. The van der Waals surface area contributed by atoms with E-state index in [4.69, 9.17) is 13.9 Å². The molecule has 0 spiro atoms. The number of aryl methyl sites for hydroxylation is 1. The van der Waals surface area contributed by atoms with E-state index in [1.807, 2.05) is 36.4 Å². The Labute approximate surface area is 157 Å². The van der Waals surface area contributed by atoms with Gasteiger partial charge in [0.15, 0.2) is 6.10 Å². The maximum Gasteiger partial charge on any atom is 0.346 e. The Hall–Kier alpha value is -3.08. The summed E-state index contributed by atoms with van der Waals surface area (Å²) in [5.41, 5.74) is 2.69. The molecule has 2 aromatic carbocycles. The van der Waals surface area contributed by atoms with Gasteiger partial charge in [-0.1, -0.05) is 43.7 Å². The van der Waals surface area contributed by atoms with E-state index < -0.39 is 17.7 Å². The Morgan fingerprint density at radius 1 is 1.15 bits per heavy atom. The predicted octanol–water partition coefficient (Wildman–Crippen LogP) is 4.35. The Balaban J connectivity index is 2.18. The van der Waals surface area contributed by atoms with E-state index in [0.29, 0.717) is 11.3 Å². The van der Waals surface area contributed by atoms with Crippen LogP contribution in [0, 0.1) is 0 Å². The number of hydrogen-bond acceptors (Lipinski definition) is 5. The van der Waals surface area contributed by atoms with E-state index in [9.17, 15) is 9.59 Å². The first-order valence-corrected chi connectivity index (χ1v) is 8.94. The number of ether oxygens (including phenoxy) is 2. The second-order valence-corrected chi connectivity index (χ2v) is 6.33. The van der Waals surface area contributed by atoms with Gasteiger partial charge in [0.2, 0.25) is 0 Å². The zero-order valence-corrected chi connectivity index (χ0v) is 15.7. The van der Waals surface area contributed by atoms with Gasteiger partial charge in [0, 0.05) is 17.5 Å². The van der Waals surface area contributed by atoms with E-state index in [2.05, 4.69) is 6.92 Å². The second kappa shape index (κ2) is 8.08. The largest absolute Gasteiger partial charge is 0.479 e. The number of carbonyl (C=O) groups excluding carboxylic acids is 1. The van der Waals surface area contributed by atoms with E-state index in [0.717, 1.165) is 34.9 Å². The molecule has 1 aromatic heterocycles. The van der Waals surface area contributed by atoms with E-state index in [1.165, 1.54) is 13.2 Å². The molecule has 3 rings (SSSR count). The molecule has 3 aromatic rings. The third-order valence-corrected chi connectivity index (χ3v) is 4.37. The van der Waals surface area contributed by atoms with E-state index in [1.54, 1.807) is 13.0 Å². The minimum atomic E-state index is -0.757. The summed E-state index contributed by atoms with van der Waals surface area (Å²) in [4.78, 5) is 23.8. The van der Waals surface area contributed by atoms with Crippen LogP contribution >= 0.6 is 0 Å². The summed E-state index contributed by atoms with van der Waals surface area (Å²) in [6, 6.07) is 14.9. The summed E-state index contributed by atoms with van der Waals surface area (Å²) in [7, 11) is 1.32. The van der Waals surface area contributed by atoms with Crippen molar-refractivity contribution in [3.8, 4) is 16.9 Å². The monoisotopic (exact) mass is 366 g/mol. The van der Waals surface area contributed by atoms with Crippen molar-refractivity contribution in [3.05, 3.63) is 64.5 Å². The lowest BCUT2D eigenvalue weighted by molar-refractivity contribution is -0.147. The maximum absolute atomic E-state index is 12.1. The Morgan fingerprint density at radius 3 is 2.56 bits per heavy atom. The first kappa shape index (κ1) is 18.7. The SMILES string of the molecule is CCCc1cc2c(-c3ccccc3)cc(=O)oc2cc1OC(C)C(=O)OC. The number of hydrogen-bond donors (Lipinski definition) is 0. The van der Waals surface area contributed by atoms with Gasteiger partial charge in [-0.25, -0.2) is 9.59 Å². The zero-order chi connectivity index (χ0) is 19.4. The second-order valence-electron chi connectivity index (χ2n) is 6.33. The first-order chi connectivity index (χ1) is 13.0. The van der Waals surface area contributed by atoms with Gasteiger partial charge in [0.1, 0.15) is 11.3 Å². The molecule has 5 nitrogen and oxygen atoms in total. The van der Waals surface area contributed by atoms with Crippen LogP contribution in [0.1, 0.15) is 25.8 Å². The molecule has 1 heterocycles. The van der Waals surface area contributed by atoms with Crippen LogP contribution in [-0.2, 0) is 16.0 Å². The fourth-order valence-corrected chi connectivity index (χ4v) is 3.07. The number of carbonyl (C=O) groups is 1. The topological polar surface area (TPSA) is 65.7 Å². The number of esters is 1. The highest BCUT2D eigenvalue weighted by Crippen LogP contribution is 2.33. The van der Waals surface area contributed by atoms with Crippen molar-refractivity contribution in [3.63, 3.8) is 0 Å². The minimum absolute atomic E-state index is 0.424. The molecule has 0 fully saturated rings. The van der Waals surface area contributed by atoms with Gasteiger partial charge in [-0.2, -0.15) is 0 Å². The van der Waals surface area contributed by atoms with Crippen LogP contribution in [0.5, 0.6) is 5.75 Å². The molecule has 0 aliphatic carbocycles. The van der Waals surface area contributed by atoms with Crippen molar-refractivity contribution >= 4 is 16.9 Å². The smallest absolute Gasteiger partial charge is 0.346 e. The lowest BCUT2D eigenvalue weighted by Crippen LogP contribution is -2.25. The van der Waals surface area contributed by atoms with E-state index in [-0.39, 0.29) is 0 Å². The van der Waals surface area contributed by atoms with Gasteiger partial charge in [-0.05, 0) is 36.1 Å². The van der Waals surface area contributed by atoms with Crippen molar-refractivity contribution in [1.29, 1.82) is 0 Å². The third kappa shape index (κ3) is 4.03. The number of benzene rings is 2. The fourth-order valence-electron chi connectivity index (χ4n) is 3.07. The lowest BCUT2D eigenvalue weighted by Gasteiger charge is -2.17. The van der Waals surface area contributed by atoms with Gasteiger partial charge in [0.05, 0.1) is 7.11 Å². The maximum atomic E-state index is 12.1. The van der Waals surface area contributed by atoms with Crippen molar-refractivity contribution < 1.29 is 18.7 Å². The summed E-state index contributed by atoms with van der Waals surface area (Å²) >= 11 is 0. The zero-order valence-electron chi connectivity index (χ0n) is 15.7. The van der Waals surface area contributed by atoms with Gasteiger partial charge in [-0.3, -0.25) is 0 Å². The Bertz CT molecular complexity index is 1000. The molecule has 0 saturated carbocycles. The minimum Gasteiger partial charge on any atom is -0.479 e. The molecule has 0 radical (unpaired) electrons. The van der Waals surface area contributed by atoms with Gasteiger partial charge in [-0.15, -0.1) is 0 Å². The summed E-state index contributed by atoms with van der Waals surface area (Å²) < 4.78 is 16.0. The molecule has 27 heavy (non-hydrogen) atoms. The van der Waals surface area contributed by atoms with Crippen LogP contribution in [0.15, 0.2) is 57.7 Å². The molecule has 0 N–H and O–H groups in total. The van der Waals surface area contributed by atoms with E-state index >= 15 is 0 Å². The molecule has 0 bridgehead atoms. The predicted molar refractivity (Wildman–Crippen MR) is 104 cm³/mol. The van der Waals surface area contributed by atoms with Gasteiger partial charge in [0.25, 0.3) is 0 Å². The summed E-state index contributed by atoms with van der Waals surface area (Å²) in [5.74, 6) is 0.0626. The van der Waals surface area contributed by atoms with Crippen LogP contribution < -0.4 is 10.4 Å². The molecule has 0 amide bonds. The van der Waals surface area contributed by atoms with Gasteiger partial charge >= 0.3 is 11.6 Å². The molecule has 5 heteroatoms. The van der Waals surface area contributed by atoms with Crippen LogP contribution in [0.2, 0.25) is 0 Å². The van der Waals surface area contributed by atoms with Crippen molar-refractivity contribution in [2.45, 2.75) is 32.8 Å². The highest BCUT2D eigenvalue weighted by atomic mass is 16.6. The number of fused-ring (bicyclic) bond motifs is 1. The molecule has 1 atom stereocenters. The van der Waals surface area contributed by atoms with Crippen LogP contribution in [0.4, 0.5) is 0 Å². The highest BCUT2D eigenvalue weighted by Gasteiger charge is 2.19. The summed E-state index contributed by atoms with van der Waals surface area (Å²) in [6.07, 6.45) is 0.922. The third-order valence-electron chi connectivity index (χ3n) is 4.37. The van der Waals surface area contributed by atoms with Crippen LogP contribution in [0.3, 0.4) is 0 Å². The van der Waals surface area contributed by atoms with Crippen molar-refractivity contribution in [1.82, 2.24) is 0 Å². The number of rotatable bonds is 6. The lowest BCUT2D eigenvalue weighted by atomic mass is 9.98. The molecular weight excluding hydrogens is 344 g/mol. The van der Waals surface area contributed by atoms with Gasteiger partial charge < -0.3 is 13.9 Å². The highest BCUT2D eigenvalue weighted by molar-refractivity contribution is 5.94. The summed E-state index contributed by atoms with van der Waals surface area (Å²) in [5, 5.41) is 0.835. The normalized spacial score (nSPS) is 12.0. The molecule has 0 aliphatic heterocycles. The average Bonchev–Trinajstić information content (AvgIpc) is 2.68. The summed E-state index contributed by atoms with van der Waals surface area (Å²) in [6.45, 7) is 3.70. The average molecular weight is 366 g/mol. The fraction of sp³-hybridized carbons (Fsp3) is 0.273. The molecular formula is C22H22O5.